The third-order valence-electron chi connectivity index (χ3n) is 4.66. The number of nitrogens with one attached hydrogen (secondary N) is 1. The van der Waals surface area contributed by atoms with Crippen LogP contribution in [0.5, 0.6) is 0 Å². The Labute approximate surface area is 112 Å². The maximum atomic E-state index is 5.60. The van der Waals surface area contributed by atoms with Crippen molar-refractivity contribution in [2.75, 3.05) is 26.7 Å². The summed E-state index contributed by atoms with van der Waals surface area (Å²) in [5.41, 5.74) is 0. The van der Waals surface area contributed by atoms with Crippen LogP contribution in [-0.2, 0) is 4.74 Å². The van der Waals surface area contributed by atoms with Crippen molar-refractivity contribution in [3.05, 3.63) is 0 Å². The first-order valence-corrected chi connectivity index (χ1v) is 7.71. The molecule has 3 unspecified atom stereocenters. The van der Waals surface area contributed by atoms with E-state index in [1.54, 1.807) is 0 Å². The van der Waals surface area contributed by atoms with Gasteiger partial charge in [0.2, 0.25) is 0 Å². The van der Waals surface area contributed by atoms with Crippen LogP contribution in [0.25, 0.3) is 0 Å². The third-order valence-corrected chi connectivity index (χ3v) is 4.66. The molecule has 0 spiro atoms. The zero-order valence-electron chi connectivity index (χ0n) is 12.3. The van der Waals surface area contributed by atoms with E-state index >= 15 is 0 Å². The first kappa shape index (κ1) is 14.3. The molecule has 0 bridgehead atoms. The maximum Gasteiger partial charge on any atom is 0.0724 e. The lowest BCUT2D eigenvalue weighted by Crippen LogP contribution is -2.47. The zero-order chi connectivity index (χ0) is 13.0. The Morgan fingerprint density at radius 1 is 1.33 bits per heavy atom. The van der Waals surface area contributed by atoms with Gasteiger partial charge in [-0.1, -0.05) is 6.92 Å². The quantitative estimate of drug-likeness (QED) is 0.705. The summed E-state index contributed by atoms with van der Waals surface area (Å²) in [5, 5.41) is 3.60. The van der Waals surface area contributed by atoms with Crippen LogP contribution in [0.4, 0.5) is 0 Å². The highest BCUT2D eigenvalue weighted by molar-refractivity contribution is 4.83. The van der Waals surface area contributed by atoms with E-state index in [0.717, 1.165) is 18.5 Å². The Balaban J connectivity index is 1.62. The fourth-order valence-corrected chi connectivity index (χ4v) is 2.94. The number of hydrogen-bond donors (Lipinski definition) is 1. The molecule has 0 aromatic carbocycles. The van der Waals surface area contributed by atoms with Crippen molar-refractivity contribution in [3.8, 4) is 0 Å². The Hall–Kier alpha value is -0.120. The van der Waals surface area contributed by atoms with Gasteiger partial charge >= 0.3 is 0 Å². The molecule has 0 radical (unpaired) electrons. The standard InChI is InChI=1S/C15H30N2O/c1-12-8-10-17(11-15(12)18-3)13(2)5-4-9-16-14-6-7-14/h12-16H,4-11H2,1-3H3. The van der Waals surface area contributed by atoms with Gasteiger partial charge in [0.05, 0.1) is 6.10 Å². The third kappa shape index (κ3) is 4.22. The van der Waals surface area contributed by atoms with Crippen LogP contribution in [0.3, 0.4) is 0 Å². The molecular weight excluding hydrogens is 224 g/mol. The molecule has 1 N–H and O–H groups in total. The molecule has 1 saturated heterocycles. The molecule has 3 heteroatoms. The second kappa shape index (κ2) is 6.88. The summed E-state index contributed by atoms with van der Waals surface area (Å²) in [7, 11) is 1.86. The van der Waals surface area contributed by atoms with Gasteiger partial charge < -0.3 is 10.1 Å². The molecule has 0 aromatic rings. The van der Waals surface area contributed by atoms with E-state index in [4.69, 9.17) is 4.74 Å². The van der Waals surface area contributed by atoms with E-state index < -0.39 is 0 Å². The lowest BCUT2D eigenvalue weighted by molar-refractivity contribution is -0.0178. The molecule has 3 nitrogen and oxygen atoms in total. The monoisotopic (exact) mass is 254 g/mol. The molecular formula is C15H30N2O. The van der Waals surface area contributed by atoms with Crippen LogP contribution in [0.15, 0.2) is 0 Å². The van der Waals surface area contributed by atoms with Crippen LogP contribution < -0.4 is 5.32 Å². The average molecular weight is 254 g/mol. The molecule has 2 aliphatic rings. The molecule has 0 amide bonds. The molecule has 1 heterocycles. The van der Waals surface area contributed by atoms with Crippen molar-refractivity contribution in [1.29, 1.82) is 0 Å². The van der Waals surface area contributed by atoms with Crippen LogP contribution in [-0.4, -0.2) is 49.8 Å². The molecule has 106 valence electrons. The average Bonchev–Trinajstić information content (AvgIpc) is 3.19. The fraction of sp³-hybridized carbons (Fsp3) is 1.00. The summed E-state index contributed by atoms with van der Waals surface area (Å²) in [6, 6.07) is 1.56. The first-order valence-electron chi connectivity index (χ1n) is 7.71. The van der Waals surface area contributed by atoms with Gasteiger partial charge in [0.15, 0.2) is 0 Å². The Kier molecular flexibility index (Phi) is 5.46. The number of methoxy groups -OCH3 is 1. The van der Waals surface area contributed by atoms with Gasteiger partial charge in [-0.15, -0.1) is 0 Å². The SMILES string of the molecule is COC1CN(C(C)CCCNC2CC2)CCC1C. The maximum absolute atomic E-state index is 5.60. The normalized spacial score (nSPS) is 31.5. The highest BCUT2D eigenvalue weighted by atomic mass is 16.5. The number of likely N-dealkylation sites (tertiary alicyclic amines) is 1. The molecule has 2 fully saturated rings. The highest BCUT2D eigenvalue weighted by Crippen LogP contribution is 2.22. The van der Waals surface area contributed by atoms with Gasteiger partial charge in [-0.3, -0.25) is 4.90 Å². The van der Waals surface area contributed by atoms with E-state index in [1.807, 2.05) is 7.11 Å². The minimum Gasteiger partial charge on any atom is -0.380 e. The van der Waals surface area contributed by atoms with Crippen LogP contribution in [0.1, 0.15) is 46.0 Å². The van der Waals surface area contributed by atoms with Crippen LogP contribution in [0, 0.1) is 5.92 Å². The van der Waals surface area contributed by atoms with Gasteiger partial charge in [-0.05, 0) is 58.0 Å². The predicted molar refractivity (Wildman–Crippen MR) is 75.9 cm³/mol. The van der Waals surface area contributed by atoms with Gasteiger partial charge in [0.25, 0.3) is 0 Å². The first-order chi connectivity index (χ1) is 8.70. The van der Waals surface area contributed by atoms with Gasteiger partial charge in [-0.25, -0.2) is 0 Å². The summed E-state index contributed by atoms with van der Waals surface area (Å²) in [5.74, 6) is 0.718. The molecule has 1 aliphatic heterocycles. The minimum atomic E-state index is 0.436. The number of rotatable bonds is 7. The van der Waals surface area contributed by atoms with Crippen molar-refractivity contribution in [3.63, 3.8) is 0 Å². The lowest BCUT2D eigenvalue weighted by atomic mass is 9.94. The van der Waals surface area contributed by atoms with Crippen molar-refractivity contribution in [1.82, 2.24) is 10.2 Å². The van der Waals surface area contributed by atoms with E-state index in [2.05, 4.69) is 24.1 Å². The van der Waals surface area contributed by atoms with E-state index in [-0.39, 0.29) is 0 Å². The van der Waals surface area contributed by atoms with Crippen molar-refractivity contribution in [2.24, 2.45) is 5.92 Å². The summed E-state index contributed by atoms with van der Waals surface area (Å²) in [4.78, 5) is 2.62. The minimum absolute atomic E-state index is 0.436. The van der Waals surface area contributed by atoms with Crippen LogP contribution in [0.2, 0.25) is 0 Å². The number of hydrogen-bond acceptors (Lipinski definition) is 3. The summed E-state index contributed by atoms with van der Waals surface area (Å²) >= 11 is 0. The van der Waals surface area contributed by atoms with E-state index in [1.165, 1.54) is 45.2 Å². The number of nitrogens with zero attached hydrogens (tertiary/aromatic N) is 1. The van der Waals surface area contributed by atoms with Crippen molar-refractivity contribution >= 4 is 0 Å². The van der Waals surface area contributed by atoms with Crippen molar-refractivity contribution in [2.45, 2.75) is 64.1 Å². The van der Waals surface area contributed by atoms with Gasteiger partial charge in [0, 0.05) is 25.7 Å². The molecule has 3 atom stereocenters. The Morgan fingerprint density at radius 2 is 2.11 bits per heavy atom. The molecule has 1 saturated carbocycles. The topological polar surface area (TPSA) is 24.5 Å². The van der Waals surface area contributed by atoms with E-state index in [9.17, 15) is 0 Å². The smallest absolute Gasteiger partial charge is 0.0724 e. The summed E-state index contributed by atoms with van der Waals surface area (Å²) in [6.45, 7) is 8.26. The van der Waals surface area contributed by atoms with Gasteiger partial charge in [-0.2, -0.15) is 0 Å². The molecule has 1 aliphatic carbocycles. The second-order valence-corrected chi connectivity index (χ2v) is 6.25. The summed E-state index contributed by atoms with van der Waals surface area (Å²) in [6.07, 6.45) is 7.13. The van der Waals surface area contributed by atoms with Gasteiger partial charge in [0.1, 0.15) is 0 Å². The molecule has 18 heavy (non-hydrogen) atoms. The predicted octanol–water partition coefficient (Wildman–Crippen LogP) is 2.26. The molecule has 2 rings (SSSR count). The Bertz CT molecular complexity index is 243. The largest absolute Gasteiger partial charge is 0.380 e. The second-order valence-electron chi connectivity index (χ2n) is 6.25. The zero-order valence-corrected chi connectivity index (χ0v) is 12.3. The lowest BCUT2D eigenvalue weighted by Gasteiger charge is -2.39. The molecule has 0 aromatic heterocycles. The summed E-state index contributed by atoms with van der Waals surface area (Å²) < 4.78 is 5.60. The Morgan fingerprint density at radius 3 is 2.78 bits per heavy atom. The van der Waals surface area contributed by atoms with E-state index in [0.29, 0.717) is 12.1 Å². The fourth-order valence-electron chi connectivity index (χ4n) is 2.94. The number of piperidine rings is 1. The van der Waals surface area contributed by atoms with Crippen LogP contribution >= 0.6 is 0 Å². The number of ether oxygens (including phenoxy) is 1. The van der Waals surface area contributed by atoms with Crippen molar-refractivity contribution < 1.29 is 4.74 Å². The highest BCUT2D eigenvalue weighted by Gasteiger charge is 2.28.